The lowest BCUT2D eigenvalue weighted by atomic mass is 9.82. The molecule has 0 spiro atoms. The zero-order valence-corrected chi connectivity index (χ0v) is 21.2. The molecule has 1 aliphatic carbocycles. The number of benzene rings is 3. The van der Waals surface area contributed by atoms with Gasteiger partial charge in [-0.3, -0.25) is 19.2 Å². The molecule has 4 rings (SSSR count). The van der Waals surface area contributed by atoms with Crippen LogP contribution in [0.2, 0.25) is 0 Å². The largest absolute Gasteiger partial charge is 0.481 e. The van der Waals surface area contributed by atoms with E-state index in [9.17, 15) is 24.3 Å². The summed E-state index contributed by atoms with van der Waals surface area (Å²) in [4.78, 5) is 50.3. The number of anilines is 2. The monoisotopic (exact) mass is 529 g/mol. The zero-order valence-electron chi connectivity index (χ0n) is 20.4. The van der Waals surface area contributed by atoms with Gasteiger partial charge < -0.3 is 21.5 Å². The van der Waals surface area contributed by atoms with E-state index in [0.717, 1.165) is 10.5 Å². The highest BCUT2D eigenvalue weighted by Gasteiger charge is 2.34. The first-order chi connectivity index (χ1) is 18.3. The smallest absolute Gasteiger partial charge is 0.307 e. The minimum Gasteiger partial charge on any atom is -0.481 e. The van der Waals surface area contributed by atoms with E-state index in [0.29, 0.717) is 24.2 Å². The van der Waals surface area contributed by atoms with Crippen molar-refractivity contribution in [2.24, 2.45) is 17.6 Å². The van der Waals surface area contributed by atoms with Gasteiger partial charge in [0.15, 0.2) is 0 Å². The Hall–Kier alpha value is -4.37. The van der Waals surface area contributed by atoms with Crippen molar-refractivity contribution in [1.82, 2.24) is 0 Å². The molecule has 0 radical (unpaired) electrons. The topological polar surface area (TPSA) is 139 Å². The normalized spacial score (nSPS) is 17.3. The number of primary amides is 1. The Morgan fingerprint density at radius 1 is 0.816 bits per heavy atom. The van der Waals surface area contributed by atoms with Crippen LogP contribution < -0.4 is 16.4 Å². The van der Waals surface area contributed by atoms with Gasteiger partial charge >= 0.3 is 5.97 Å². The van der Waals surface area contributed by atoms with Gasteiger partial charge in [0.1, 0.15) is 5.25 Å². The quantitative estimate of drug-likeness (QED) is 0.231. The minimum atomic E-state index is -0.982. The van der Waals surface area contributed by atoms with Gasteiger partial charge in [-0.05, 0) is 54.8 Å². The predicted molar refractivity (Wildman–Crippen MR) is 147 cm³/mol. The molecule has 0 saturated carbocycles. The second-order valence-corrected chi connectivity index (χ2v) is 9.99. The van der Waals surface area contributed by atoms with E-state index in [1.807, 2.05) is 36.4 Å². The highest BCUT2D eigenvalue weighted by molar-refractivity contribution is 8.00. The van der Waals surface area contributed by atoms with Crippen LogP contribution in [0.5, 0.6) is 0 Å². The highest BCUT2D eigenvalue weighted by Crippen LogP contribution is 2.37. The number of hydrogen-bond acceptors (Lipinski definition) is 5. The van der Waals surface area contributed by atoms with E-state index < -0.39 is 29.0 Å². The van der Waals surface area contributed by atoms with Crippen LogP contribution in [-0.4, -0.2) is 28.8 Å². The maximum atomic E-state index is 13.4. The molecule has 0 bridgehead atoms. The van der Waals surface area contributed by atoms with Crippen molar-refractivity contribution in [2.75, 3.05) is 10.6 Å². The maximum Gasteiger partial charge on any atom is 0.307 e. The molecule has 0 heterocycles. The Morgan fingerprint density at radius 2 is 1.45 bits per heavy atom. The molecule has 5 N–H and O–H groups in total. The molecule has 8 nitrogen and oxygen atoms in total. The number of allylic oxidation sites excluding steroid dienone is 2. The van der Waals surface area contributed by atoms with Gasteiger partial charge in [-0.15, -0.1) is 11.8 Å². The molecule has 1 aliphatic rings. The van der Waals surface area contributed by atoms with E-state index in [-0.39, 0.29) is 17.4 Å². The Labute approximate surface area is 224 Å². The van der Waals surface area contributed by atoms with E-state index in [1.54, 1.807) is 54.6 Å². The summed E-state index contributed by atoms with van der Waals surface area (Å²) < 4.78 is 0. The van der Waals surface area contributed by atoms with E-state index in [1.165, 1.54) is 11.8 Å². The number of aliphatic carboxylic acids is 1. The lowest BCUT2D eigenvalue weighted by Gasteiger charge is -2.24. The van der Waals surface area contributed by atoms with Gasteiger partial charge in [-0.2, -0.15) is 0 Å². The number of carbonyl (C=O) groups is 4. The number of hydrogen-bond donors (Lipinski definition) is 4. The predicted octanol–water partition coefficient (Wildman–Crippen LogP) is 4.86. The van der Waals surface area contributed by atoms with Crippen LogP contribution in [0.3, 0.4) is 0 Å². The molecule has 9 heteroatoms. The van der Waals surface area contributed by atoms with Crippen molar-refractivity contribution in [2.45, 2.75) is 23.0 Å². The van der Waals surface area contributed by atoms with E-state index in [4.69, 9.17) is 5.73 Å². The number of carboxylic acids is 1. The standard InChI is InChI=1S/C29H27N3O5S/c30-26(33)23-12-6-7-13-24(23)32-28(35)25(18-8-2-1-3-9-18)38-20-16-14-19(15-17-20)31-27(34)21-10-4-5-11-22(21)29(36)37/h1-9,12-17,21-22,25H,10-11H2,(H2,30,33)(H,31,34)(H,32,35)(H,36,37). The highest BCUT2D eigenvalue weighted by atomic mass is 32.2. The van der Waals surface area contributed by atoms with Crippen LogP contribution in [0.25, 0.3) is 0 Å². The molecule has 0 saturated heterocycles. The third-order valence-corrected chi connectivity index (χ3v) is 7.52. The van der Waals surface area contributed by atoms with Crippen LogP contribution in [0, 0.1) is 11.8 Å². The second kappa shape index (κ2) is 12.2. The first-order valence-corrected chi connectivity index (χ1v) is 12.9. The van der Waals surface area contributed by atoms with E-state index >= 15 is 0 Å². The van der Waals surface area contributed by atoms with Crippen LogP contribution >= 0.6 is 11.8 Å². The Kier molecular flexibility index (Phi) is 8.60. The van der Waals surface area contributed by atoms with Gasteiger partial charge in [0.05, 0.1) is 23.1 Å². The molecule has 0 aliphatic heterocycles. The van der Waals surface area contributed by atoms with Crippen LogP contribution in [-0.2, 0) is 14.4 Å². The summed E-state index contributed by atoms with van der Waals surface area (Å²) in [6.45, 7) is 0. The summed E-state index contributed by atoms with van der Waals surface area (Å²) in [5.74, 6) is -3.67. The molecule has 3 aromatic carbocycles. The van der Waals surface area contributed by atoms with Gasteiger partial charge in [0.25, 0.3) is 5.91 Å². The summed E-state index contributed by atoms with van der Waals surface area (Å²) in [6, 6.07) is 22.8. The van der Waals surface area contributed by atoms with Crippen LogP contribution in [0.15, 0.2) is 95.9 Å². The maximum absolute atomic E-state index is 13.4. The number of nitrogens with two attached hydrogens (primary N) is 1. The molecule has 0 aromatic heterocycles. The van der Waals surface area contributed by atoms with Crippen molar-refractivity contribution >= 4 is 46.8 Å². The SMILES string of the molecule is NC(=O)c1ccccc1NC(=O)C(Sc1ccc(NC(=O)C2CC=CCC2C(=O)O)cc1)c1ccccc1. The molecular formula is C29H27N3O5S. The van der Waals surface area contributed by atoms with Gasteiger partial charge in [0.2, 0.25) is 11.8 Å². The summed E-state index contributed by atoms with van der Waals surface area (Å²) in [5.41, 5.74) is 7.32. The number of rotatable bonds is 9. The summed E-state index contributed by atoms with van der Waals surface area (Å²) in [7, 11) is 0. The van der Waals surface area contributed by atoms with E-state index in [2.05, 4.69) is 10.6 Å². The number of thioether (sulfide) groups is 1. The van der Waals surface area contributed by atoms with Crippen molar-refractivity contribution in [3.8, 4) is 0 Å². The molecular weight excluding hydrogens is 502 g/mol. The second-order valence-electron chi connectivity index (χ2n) is 8.82. The molecule has 194 valence electrons. The number of carbonyl (C=O) groups excluding carboxylic acids is 3. The first kappa shape index (κ1) is 26.7. The number of amides is 3. The third kappa shape index (κ3) is 6.49. The fraction of sp³-hybridized carbons (Fsp3) is 0.172. The number of para-hydroxylation sites is 1. The van der Waals surface area contributed by atoms with Crippen molar-refractivity contribution < 1.29 is 24.3 Å². The average molecular weight is 530 g/mol. The molecule has 0 fully saturated rings. The Balaban J connectivity index is 1.49. The minimum absolute atomic E-state index is 0.219. The first-order valence-electron chi connectivity index (χ1n) is 12.0. The fourth-order valence-corrected chi connectivity index (χ4v) is 5.30. The van der Waals surface area contributed by atoms with Crippen molar-refractivity contribution in [1.29, 1.82) is 0 Å². The Morgan fingerprint density at radius 3 is 2.11 bits per heavy atom. The molecule has 38 heavy (non-hydrogen) atoms. The van der Waals surface area contributed by atoms with Crippen LogP contribution in [0.1, 0.15) is 34.0 Å². The van der Waals surface area contributed by atoms with Crippen LogP contribution in [0.4, 0.5) is 11.4 Å². The van der Waals surface area contributed by atoms with Gasteiger partial charge in [0, 0.05) is 10.6 Å². The summed E-state index contributed by atoms with van der Waals surface area (Å²) in [5, 5.41) is 14.4. The average Bonchev–Trinajstić information content (AvgIpc) is 2.93. The summed E-state index contributed by atoms with van der Waals surface area (Å²) in [6.07, 6.45) is 4.33. The lowest BCUT2D eigenvalue weighted by Crippen LogP contribution is -2.34. The molecule has 3 aromatic rings. The molecule has 3 atom stereocenters. The third-order valence-electron chi connectivity index (χ3n) is 6.25. The summed E-state index contributed by atoms with van der Waals surface area (Å²) >= 11 is 1.32. The van der Waals surface area contributed by atoms with Gasteiger partial charge in [-0.1, -0.05) is 54.6 Å². The van der Waals surface area contributed by atoms with Gasteiger partial charge in [-0.25, -0.2) is 0 Å². The fourth-order valence-electron chi connectivity index (χ4n) is 4.27. The lowest BCUT2D eigenvalue weighted by molar-refractivity contribution is -0.146. The number of nitrogens with one attached hydrogen (secondary N) is 2. The number of carboxylic acid groups (broad SMARTS) is 1. The molecule has 3 amide bonds. The Bertz CT molecular complexity index is 1360. The van der Waals surface area contributed by atoms with Crippen molar-refractivity contribution in [3.05, 3.63) is 102 Å². The zero-order chi connectivity index (χ0) is 27.1. The molecule has 3 unspecified atom stereocenters. The van der Waals surface area contributed by atoms with Crippen molar-refractivity contribution in [3.63, 3.8) is 0 Å².